The maximum absolute atomic E-state index is 5.97. The van der Waals surface area contributed by atoms with Gasteiger partial charge in [0.2, 0.25) is 5.88 Å². The van der Waals surface area contributed by atoms with E-state index < -0.39 is 0 Å². The van der Waals surface area contributed by atoms with Crippen LogP contribution >= 0.6 is 15.9 Å². The first-order valence-corrected chi connectivity index (χ1v) is 9.06. The van der Waals surface area contributed by atoms with E-state index in [4.69, 9.17) is 4.74 Å². The van der Waals surface area contributed by atoms with Crippen LogP contribution in [0.15, 0.2) is 33.9 Å². The minimum atomic E-state index is -0.129. The first-order chi connectivity index (χ1) is 11.7. The first kappa shape index (κ1) is 19.4. The fourth-order valence-corrected chi connectivity index (χ4v) is 2.39. The van der Waals surface area contributed by atoms with E-state index in [1.165, 1.54) is 0 Å². The van der Waals surface area contributed by atoms with Gasteiger partial charge in [0, 0.05) is 31.3 Å². The summed E-state index contributed by atoms with van der Waals surface area (Å²) in [6.45, 7) is 11.2. The molecule has 2 aromatic rings. The molecule has 0 aliphatic heterocycles. The highest BCUT2D eigenvalue weighted by Gasteiger charge is 2.18. The third-order valence-electron chi connectivity index (χ3n) is 3.66. The maximum Gasteiger partial charge on any atom is 0.222 e. The molecule has 1 heterocycles. The maximum atomic E-state index is 5.97. The number of hydrogen-bond acceptors (Lipinski definition) is 4. The number of ether oxygens (including phenoxy) is 1. The van der Waals surface area contributed by atoms with Crippen LogP contribution < -0.4 is 4.74 Å². The highest BCUT2D eigenvalue weighted by molar-refractivity contribution is 9.10. The van der Waals surface area contributed by atoms with Crippen LogP contribution in [0.4, 0.5) is 5.69 Å². The summed E-state index contributed by atoms with van der Waals surface area (Å²) in [5, 5.41) is 0. The molecule has 2 rings (SSSR count). The first-order valence-electron chi connectivity index (χ1n) is 8.26. The van der Waals surface area contributed by atoms with Gasteiger partial charge >= 0.3 is 0 Å². The van der Waals surface area contributed by atoms with Gasteiger partial charge in [-0.25, -0.2) is 9.98 Å². The van der Waals surface area contributed by atoms with Crippen molar-refractivity contribution in [2.45, 2.75) is 40.0 Å². The average molecular weight is 405 g/mol. The molecule has 6 heteroatoms. The Morgan fingerprint density at radius 3 is 2.68 bits per heavy atom. The molecule has 25 heavy (non-hydrogen) atoms. The second-order valence-electron chi connectivity index (χ2n) is 6.96. The second kappa shape index (κ2) is 7.95. The number of aliphatic imine (C=N–C) groups is 1. The highest BCUT2D eigenvalue weighted by atomic mass is 79.9. The molecule has 0 aliphatic rings. The summed E-state index contributed by atoms with van der Waals surface area (Å²) < 4.78 is 6.80. The predicted molar refractivity (Wildman–Crippen MR) is 106 cm³/mol. The topological polar surface area (TPSA) is 50.6 Å². The second-order valence-corrected chi connectivity index (χ2v) is 7.81. The SMILES string of the molecule is CCN(C)C=Nc1cc(Br)c(Oc2ccnc(C(C)(C)C)n2)cc1C. The van der Waals surface area contributed by atoms with Crippen molar-refractivity contribution < 1.29 is 4.74 Å². The summed E-state index contributed by atoms with van der Waals surface area (Å²) in [6.07, 6.45) is 3.55. The van der Waals surface area contributed by atoms with E-state index in [-0.39, 0.29) is 5.41 Å². The molecular weight excluding hydrogens is 380 g/mol. The van der Waals surface area contributed by atoms with Crippen molar-refractivity contribution in [1.82, 2.24) is 14.9 Å². The van der Waals surface area contributed by atoms with E-state index in [2.05, 4.69) is 58.6 Å². The molecule has 0 spiro atoms. The minimum absolute atomic E-state index is 0.129. The number of nitrogens with zero attached hydrogens (tertiary/aromatic N) is 4. The Bertz CT molecular complexity index is 769. The molecule has 0 fully saturated rings. The van der Waals surface area contributed by atoms with Crippen LogP contribution in [0.1, 0.15) is 39.1 Å². The fraction of sp³-hybridized carbons (Fsp3) is 0.421. The summed E-state index contributed by atoms with van der Waals surface area (Å²) >= 11 is 3.57. The van der Waals surface area contributed by atoms with Gasteiger partial charge < -0.3 is 9.64 Å². The van der Waals surface area contributed by atoms with Crippen LogP contribution in [0.2, 0.25) is 0 Å². The molecule has 0 N–H and O–H groups in total. The Hall–Kier alpha value is -1.95. The third-order valence-corrected chi connectivity index (χ3v) is 4.28. The molecule has 0 aliphatic carbocycles. The van der Waals surface area contributed by atoms with E-state index >= 15 is 0 Å². The van der Waals surface area contributed by atoms with Gasteiger partial charge in [-0.15, -0.1) is 0 Å². The molecule has 1 aromatic heterocycles. The average Bonchev–Trinajstić information content (AvgIpc) is 2.55. The Morgan fingerprint density at radius 1 is 1.32 bits per heavy atom. The number of rotatable bonds is 5. The van der Waals surface area contributed by atoms with E-state index in [9.17, 15) is 0 Å². The van der Waals surface area contributed by atoms with Crippen molar-refractivity contribution >= 4 is 28.0 Å². The Kier molecular flexibility index (Phi) is 6.16. The van der Waals surface area contributed by atoms with Crippen molar-refractivity contribution in [2.24, 2.45) is 4.99 Å². The molecule has 0 saturated heterocycles. The monoisotopic (exact) mass is 404 g/mol. The Balaban J connectivity index is 2.27. The summed E-state index contributed by atoms with van der Waals surface area (Å²) in [7, 11) is 1.99. The zero-order chi connectivity index (χ0) is 18.6. The lowest BCUT2D eigenvalue weighted by Crippen LogP contribution is -2.15. The number of hydrogen-bond donors (Lipinski definition) is 0. The highest BCUT2D eigenvalue weighted by Crippen LogP contribution is 2.35. The Labute approximate surface area is 158 Å². The molecule has 0 bridgehead atoms. The van der Waals surface area contributed by atoms with E-state index in [0.717, 1.165) is 28.1 Å². The molecule has 0 radical (unpaired) electrons. The van der Waals surface area contributed by atoms with Gasteiger partial charge in [0.05, 0.1) is 16.5 Å². The minimum Gasteiger partial charge on any atom is -0.438 e. The number of benzene rings is 1. The van der Waals surface area contributed by atoms with E-state index in [1.54, 1.807) is 12.3 Å². The van der Waals surface area contributed by atoms with Crippen molar-refractivity contribution in [3.8, 4) is 11.6 Å². The van der Waals surface area contributed by atoms with Crippen LogP contribution in [0.5, 0.6) is 11.6 Å². The number of aromatic nitrogens is 2. The molecule has 0 atom stereocenters. The Morgan fingerprint density at radius 2 is 2.04 bits per heavy atom. The van der Waals surface area contributed by atoms with Crippen LogP contribution in [0, 0.1) is 6.92 Å². The quantitative estimate of drug-likeness (QED) is 0.504. The zero-order valence-corrected chi connectivity index (χ0v) is 17.3. The standard InChI is InChI=1S/C19H25BrN4O/c1-7-24(6)12-22-15-11-14(20)16(10-13(15)2)25-17-8-9-21-18(23-17)19(3,4)5/h8-12H,7H2,1-6H3. The summed E-state index contributed by atoms with van der Waals surface area (Å²) in [4.78, 5) is 15.4. The van der Waals surface area contributed by atoms with E-state index in [1.807, 2.05) is 37.3 Å². The lowest BCUT2D eigenvalue weighted by Gasteiger charge is -2.17. The van der Waals surface area contributed by atoms with Gasteiger partial charge in [0.15, 0.2) is 0 Å². The van der Waals surface area contributed by atoms with Gasteiger partial charge in [-0.3, -0.25) is 0 Å². The van der Waals surface area contributed by atoms with Gasteiger partial charge in [0.25, 0.3) is 0 Å². The van der Waals surface area contributed by atoms with Crippen LogP contribution in [-0.4, -0.2) is 34.8 Å². The van der Waals surface area contributed by atoms with Crippen molar-refractivity contribution in [1.29, 1.82) is 0 Å². The van der Waals surface area contributed by atoms with E-state index in [0.29, 0.717) is 11.6 Å². The van der Waals surface area contributed by atoms with Crippen LogP contribution in [0.25, 0.3) is 0 Å². The van der Waals surface area contributed by atoms with Gasteiger partial charge in [-0.05, 0) is 47.5 Å². The molecule has 0 amide bonds. The summed E-state index contributed by atoms with van der Waals surface area (Å²) in [5.74, 6) is 1.99. The number of halogens is 1. The lowest BCUT2D eigenvalue weighted by atomic mass is 9.96. The summed E-state index contributed by atoms with van der Waals surface area (Å²) in [6, 6.07) is 5.68. The van der Waals surface area contributed by atoms with Crippen molar-refractivity contribution in [2.75, 3.05) is 13.6 Å². The van der Waals surface area contributed by atoms with Crippen molar-refractivity contribution in [3.05, 3.63) is 40.3 Å². The van der Waals surface area contributed by atoms with Gasteiger partial charge in [-0.1, -0.05) is 20.8 Å². The molecule has 0 unspecified atom stereocenters. The van der Waals surface area contributed by atoms with Crippen LogP contribution in [-0.2, 0) is 5.41 Å². The lowest BCUT2D eigenvalue weighted by molar-refractivity contribution is 0.443. The number of aryl methyl sites for hydroxylation is 1. The van der Waals surface area contributed by atoms with Crippen LogP contribution in [0.3, 0.4) is 0 Å². The molecule has 5 nitrogen and oxygen atoms in total. The smallest absolute Gasteiger partial charge is 0.222 e. The molecular formula is C19H25BrN4O. The molecule has 1 aromatic carbocycles. The van der Waals surface area contributed by atoms with Crippen molar-refractivity contribution in [3.63, 3.8) is 0 Å². The fourth-order valence-electron chi connectivity index (χ4n) is 1.98. The molecule has 0 saturated carbocycles. The normalized spacial score (nSPS) is 11.8. The largest absolute Gasteiger partial charge is 0.438 e. The van der Waals surface area contributed by atoms with Gasteiger partial charge in [0.1, 0.15) is 11.6 Å². The predicted octanol–water partition coefficient (Wildman–Crippen LogP) is 5.25. The van der Waals surface area contributed by atoms with Gasteiger partial charge in [-0.2, -0.15) is 4.98 Å². The zero-order valence-electron chi connectivity index (χ0n) is 15.7. The third kappa shape index (κ3) is 5.26. The molecule has 134 valence electrons. The summed E-state index contributed by atoms with van der Waals surface area (Å²) in [5.41, 5.74) is 1.80.